The third-order valence-corrected chi connectivity index (χ3v) is 5.19. The second kappa shape index (κ2) is 9.65. The number of hydrogen-bond acceptors (Lipinski definition) is 6. The number of nitrogens with zero attached hydrogens (tertiary/aromatic N) is 4. The molecule has 0 bridgehead atoms. The number of carbonyl (C=O) groups is 1. The van der Waals surface area contributed by atoms with Crippen LogP contribution in [0.1, 0.15) is 12.5 Å². The molecule has 0 aliphatic carbocycles. The first-order valence-corrected chi connectivity index (χ1v) is 10.3. The lowest BCUT2D eigenvalue weighted by Gasteiger charge is -2.34. The fourth-order valence-electron chi connectivity index (χ4n) is 3.54. The van der Waals surface area contributed by atoms with Gasteiger partial charge in [-0.25, -0.2) is 0 Å². The summed E-state index contributed by atoms with van der Waals surface area (Å²) in [7, 11) is 0. The zero-order chi connectivity index (χ0) is 20.8. The van der Waals surface area contributed by atoms with Crippen LogP contribution in [0.5, 0.6) is 0 Å². The molecule has 0 radical (unpaired) electrons. The van der Waals surface area contributed by atoms with Crippen LogP contribution < -0.4 is 0 Å². The molecule has 3 aromatic rings. The Labute approximate surface area is 176 Å². The molecule has 0 spiro atoms. The quantitative estimate of drug-likeness (QED) is 0.601. The molecule has 1 fully saturated rings. The predicted molar refractivity (Wildman–Crippen MR) is 114 cm³/mol. The van der Waals surface area contributed by atoms with Gasteiger partial charge in [0.1, 0.15) is 6.61 Å². The highest BCUT2D eigenvalue weighted by Gasteiger charge is 2.21. The van der Waals surface area contributed by atoms with Crippen molar-refractivity contribution in [2.45, 2.75) is 13.5 Å². The molecule has 4 rings (SSSR count). The number of piperazine rings is 1. The lowest BCUT2D eigenvalue weighted by Crippen LogP contribution is -2.49. The van der Waals surface area contributed by atoms with Gasteiger partial charge in [-0.15, -0.1) is 0 Å². The summed E-state index contributed by atoms with van der Waals surface area (Å²) >= 11 is 0. The van der Waals surface area contributed by atoms with E-state index in [1.165, 1.54) is 5.56 Å². The summed E-state index contributed by atoms with van der Waals surface area (Å²) in [5.41, 5.74) is 3.03. The van der Waals surface area contributed by atoms with E-state index in [1.54, 1.807) is 0 Å². The minimum atomic E-state index is 0.0739. The zero-order valence-corrected chi connectivity index (χ0v) is 17.2. The second-order valence-electron chi connectivity index (χ2n) is 7.28. The van der Waals surface area contributed by atoms with E-state index in [2.05, 4.69) is 27.2 Å². The van der Waals surface area contributed by atoms with E-state index in [1.807, 2.05) is 54.3 Å². The largest absolute Gasteiger partial charge is 0.372 e. The summed E-state index contributed by atoms with van der Waals surface area (Å²) < 4.78 is 10.7. The average Bonchev–Trinajstić information content (AvgIpc) is 3.29. The van der Waals surface area contributed by atoms with Crippen molar-refractivity contribution in [2.75, 3.05) is 39.4 Å². The van der Waals surface area contributed by atoms with Gasteiger partial charge in [0.05, 0.1) is 0 Å². The van der Waals surface area contributed by atoms with Gasteiger partial charge in [0.25, 0.3) is 5.89 Å². The van der Waals surface area contributed by atoms with Gasteiger partial charge in [-0.1, -0.05) is 41.6 Å². The molecule has 1 saturated heterocycles. The van der Waals surface area contributed by atoms with Crippen LogP contribution in [0.15, 0.2) is 59.1 Å². The maximum absolute atomic E-state index is 12.1. The summed E-state index contributed by atoms with van der Waals surface area (Å²) in [5, 5.41) is 4.15. The predicted octanol–water partition coefficient (Wildman–Crippen LogP) is 3.08. The van der Waals surface area contributed by atoms with Gasteiger partial charge in [0.15, 0.2) is 0 Å². The summed E-state index contributed by atoms with van der Waals surface area (Å²) in [6, 6.07) is 18.0. The topological polar surface area (TPSA) is 71.7 Å². The average molecular weight is 406 g/mol. The number of hydrogen-bond donors (Lipinski definition) is 0. The molecular formula is C23H26N4O3. The van der Waals surface area contributed by atoms with Crippen molar-refractivity contribution in [3.05, 3.63) is 60.2 Å². The summed E-state index contributed by atoms with van der Waals surface area (Å²) in [4.78, 5) is 20.9. The maximum atomic E-state index is 12.1. The van der Waals surface area contributed by atoms with Crippen LogP contribution in [0.3, 0.4) is 0 Å². The first kappa shape index (κ1) is 20.3. The molecule has 1 aliphatic rings. The SMILES string of the molecule is CCOCC(=O)N1CCN(Cc2cccc(-c3noc(-c4ccccc4)n3)c2)CC1. The molecule has 1 amide bonds. The molecule has 30 heavy (non-hydrogen) atoms. The van der Waals surface area contributed by atoms with Gasteiger partial charge in [-0.05, 0) is 30.7 Å². The van der Waals surface area contributed by atoms with Crippen molar-refractivity contribution in [2.24, 2.45) is 0 Å². The minimum Gasteiger partial charge on any atom is -0.372 e. The number of rotatable bonds is 7. The second-order valence-corrected chi connectivity index (χ2v) is 7.28. The third-order valence-electron chi connectivity index (χ3n) is 5.19. The molecule has 0 saturated carbocycles. The molecule has 2 heterocycles. The van der Waals surface area contributed by atoms with Crippen molar-refractivity contribution in [3.8, 4) is 22.8 Å². The highest BCUT2D eigenvalue weighted by atomic mass is 16.5. The number of aromatic nitrogens is 2. The van der Waals surface area contributed by atoms with Crippen LogP contribution in [0.2, 0.25) is 0 Å². The first-order chi connectivity index (χ1) is 14.7. The Kier molecular flexibility index (Phi) is 6.51. The maximum Gasteiger partial charge on any atom is 0.258 e. The van der Waals surface area contributed by atoms with Crippen LogP contribution in [0, 0.1) is 0 Å². The van der Waals surface area contributed by atoms with Gasteiger partial charge in [0, 0.05) is 50.5 Å². The van der Waals surface area contributed by atoms with Crippen molar-refractivity contribution in [1.29, 1.82) is 0 Å². The Morgan fingerprint density at radius 1 is 1.03 bits per heavy atom. The summed E-state index contributed by atoms with van der Waals surface area (Å²) in [6.45, 7) is 6.63. The molecule has 0 N–H and O–H groups in total. The first-order valence-electron chi connectivity index (χ1n) is 10.3. The van der Waals surface area contributed by atoms with Crippen LogP contribution in [-0.4, -0.2) is 65.2 Å². The zero-order valence-electron chi connectivity index (χ0n) is 17.2. The molecule has 7 nitrogen and oxygen atoms in total. The van der Waals surface area contributed by atoms with Gasteiger partial charge in [-0.2, -0.15) is 4.98 Å². The van der Waals surface area contributed by atoms with E-state index in [9.17, 15) is 4.79 Å². The van der Waals surface area contributed by atoms with Gasteiger partial charge < -0.3 is 14.2 Å². The van der Waals surface area contributed by atoms with Crippen LogP contribution in [0.25, 0.3) is 22.8 Å². The summed E-state index contributed by atoms with van der Waals surface area (Å²) in [6.07, 6.45) is 0. The fourth-order valence-corrected chi connectivity index (χ4v) is 3.54. The van der Waals surface area contributed by atoms with Crippen molar-refractivity contribution < 1.29 is 14.1 Å². The molecule has 1 aliphatic heterocycles. The monoisotopic (exact) mass is 406 g/mol. The number of amides is 1. The van der Waals surface area contributed by atoms with E-state index in [0.717, 1.165) is 43.9 Å². The van der Waals surface area contributed by atoms with Gasteiger partial charge in [0.2, 0.25) is 11.7 Å². The highest BCUT2D eigenvalue weighted by Crippen LogP contribution is 2.23. The summed E-state index contributed by atoms with van der Waals surface area (Å²) in [5.74, 6) is 1.18. The van der Waals surface area contributed by atoms with E-state index in [0.29, 0.717) is 18.3 Å². The van der Waals surface area contributed by atoms with Gasteiger partial charge in [-0.3, -0.25) is 9.69 Å². The van der Waals surface area contributed by atoms with E-state index in [4.69, 9.17) is 9.26 Å². The van der Waals surface area contributed by atoms with Crippen molar-refractivity contribution >= 4 is 5.91 Å². The Morgan fingerprint density at radius 2 is 1.80 bits per heavy atom. The Bertz CT molecular complexity index is 965. The van der Waals surface area contributed by atoms with Crippen LogP contribution in [0.4, 0.5) is 0 Å². The Morgan fingerprint density at radius 3 is 2.57 bits per heavy atom. The standard InChI is InChI=1S/C23H26N4O3/c1-2-29-17-21(28)27-13-11-26(12-14-27)16-18-7-6-10-20(15-18)22-24-23(30-25-22)19-8-4-3-5-9-19/h3-10,15H,2,11-14,16-17H2,1H3. The molecule has 1 aromatic heterocycles. The van der Waals surface area contributed by atoms with Crippen molar-refractivity contribution in [1.82, 2.24) is 19.9 Å². The van der Waals surface area contributed by atoms with Crippen LogP contribution >= 0.6 is 0 Å². The molecule has 156 valence electrons. The number of benzene rings is 2. The smallest absolute Gasteiger partial charge is 0.258 e. The molecule has 0 unspecified atom stereocenters. The molecule has 7 heteroatoms. The Balaban J connectivity index is 1.37. The van der Waals surface area contributed by atoms with Gasteiger partial charge >= 0.3 is 0 Å². The number of ether oxygens (including phenoxy) is 1. The van der Waals surface area contributed by atoms with Crippen LogP contribution in [-0.2, 0) is 16.1 Å². The molecule has 2 aromatic carbocycles. The van der Waals surface area contributed by atoms with E-state index < -0.39 is 0 Å². The lowest BCUT2D eigenvalue weighted by molar-refractivity contribution is -0.137. The normalized spacial score (nSPS) is 14.8. The molecule has 0 atom stereocenters. The lowest BCUT2D eigenvalue weighted by atomic mass is 10.1. The third kappa shape index (κ3) is 4.93. The Hall–Kier alpha value is -3.03. The fraction of sp³-hybridized carbons (Fsp3) is 0.348. The van der Waals surface area contributed by atoms with Crippen molar-refractivity contribution in [3.63, 3.8) is 0 Å². The van der Waals surface area contributed by atoms with E-state index in [-0.39, 0.29) is 12.5 Å². The minimum absolute atomic E-state index is 0.0739. The molecular weight excluding hydrogens is 380 g/mol. The highest BCUT2D eigenvalue weighted by molar-refractivity contribution is 5.77. The number of carbonyl (C=O) groups excluding carboxylic acids is 1. The van der Waals surface area contributed by atoms with E-state index >= 15 is 0 Å².